The third-order valence-electron chi connectivity index (χ3n) is 3.15. The molecule has 0 aliphatic carbocycles. The molecule has 0 radical (unpaired) electrons. The summed E-state index contributed by atoms with van der Waals surface area (Å²) < 4.78 is 32.0. The zero-order valence-electron chi connectivity index (χ0n) is 10.6. The monoisotopic (exact) mass is 270 g/mol. The van der Waals surface area contributed by atoms with E-state index < -0.39 is 10.0 Å². The maximum atomic E-state index is 12.0. The summed E-state index contributed by atoms with van der Waals surface area (Å²) in [6.07, 6.45) is 1.33. The highest BCUT2D eigenvalue weighted by molar-refractivity contribution is 7.89. The molecule has 1 aliphatic rings. The molecule has 6 heteroatoms. The number of fused-ring (bicyclic) bond motifs is 1. The van der Waals surface area contributed by atoms with Gasteiger partial charge in [-0.3, -0.25) is 0 Å². The van der Waals surface area contributed by atoms with Crippen LogP contribution in [0.1, 0.15) is 18.1 Å². The van der Waals surface area contributed by atoms with Crippen LogP contribution in [0.15, 0.2) is 17.0 Å². The van der Waals surface area contributed by atoms with E-state index in [-0.39, 0.29) is 11.0 Å². The molecule has 1 atom stereocenters. The number of nitrogens with one attached hydrogen (secondary N) is 1. The van der Waals surface area contributed by atoms with Crippen molar-refractivity contribution in [1.29, 1.82) is 0 Å². The van der Waals surface area contributed by atoms with Gasteiger partial charge in [-0.1, -0.05) is 13.0 Å². The fourth-order valence-corrected chi connectivity index (χ4v) is 3.06. The molecule has 2 rings (SSSR count). The van der Waals surface area contributed by atoms with Crippen molar-refractivity contribution in [3.05, 3.63) is 23.3 Å². The number of aryl methyl sites for hydroxylation is 1. The van der Waals surface area contributed by atoms with Crippen molar-refractivity contribution < 1.29 is 13.2 Å². The Bertz CT molecular complexity index is 555. The van der Waals surface area contributed by atoms with Gasteiger partial charge in [-0.2, -0.15) is 0 Å². The van der Waals surface area contributed by atoms with Crippen LogP contribution in [0, 0.1) is 0 Å². The Hall–Kier alpha value is -1.11. The first-order valence-electron chi connectivity index (χ1n) is 5.98. The molecule has 0 amide bonds. The number of nitrogens with two attached hydrogens (primary N) is 1. The number of hydrogen-bond acceptors (Lipinski definition) is 4. The normalized spacial score (nSPS) is 18.5. The van der Waals surface area contributed by atoms with E-state index in [1.54, 1.807) is 6.07 Å². The standard InChI is InChI=1S/C12H18N2O3S/c1-3-8-4-9-6-10(7-13)17-12(9)11(5-8)18(15,16)14-2/h4-5,10,14H,3,6-7,13H2,1-2H3. The van der Waals surface area contributed by atoms with Crippen LogP contribution in [0.25, 0.3) is 0 Å². The minimum atomic E-state index is -3.50. The molecule has 18 heavy (non-hydrogen) atoms. The Morgan fingerprint density at radius 3 is 2.78 bits per heavy atom. The first kappa shape index (κ1) is 13.3. The summed E-state index contributed by atoms with van der Waals surface area (Å²) in [7, 11) is -2.10. The molecule has 0 aromatic heterocycles. The van der Waals surface area contributed by atoms with Gasteiger partial charge in [-0.25, -0.2) is 13.1 Å². The van der Waals surface area contributed by atoms with E-state index in [2.05, 4.69) is 4.72 Å². The Morgan fingerprint density at radius 1 is 1.50 bits per heavy atom. The van der Waals surface area contributed by atoms with Gasteiger partial charge in [-0.15, -0.1) is 0 Å². The first-order chi connectivity index (χ1) is 8.51. The minimum Gasteiger partial charge on any atom is -0.487 e. The van der Waals surface area contributed by atoms with Crippen LogP contribution in [-0.2, 0) is 22.9 Å². The fourth-order valence-electron chi connectivity index (χ4n) is 2.11. The van der Waals surface area contributed by atoms with Gasteiger partial charge < -0.3 is 10.5 Å². The zero-order chi connectivity index (χ0) is 13.3. The van der Waals surface area contributed by atoms with Crippen LogP contribution >= 0.6 is 0 Å². The number of ether oxygens (including phenoxy) is 1. The fraction of sp³-hybridized carbons (Fsp3) is 0.500. The SMILES string of the molecule is CCc1cc2c(c(S(=O)(=O)NC)c1)OC(CN)C2. The lowest BCUT2D eigenvalue weighted by Crippen LogP contribution is -2.25. The molecular weight excluding hydrogens is 252 g/mol. The molecule has 1 aromatic rings. The second-order valence-electron chi connectivity index (χ2n) is 4.32. The van der Waals surface area contributed by atoms with Crippen LogP contribution in [0.4, 0.5) is 0 Å². The Balaban J connectivity index is 2.57. The van der Waals surface area contributed by atoms with Crippen LogP contribution in [0.2, 0.25) is 0 Å². The average molecular weight is 270 g/mol. The van der Waals surface area contributed by atoms with E-state index in [9.17, 15) is 8.42 Å². The van der Waals surface area contributed by atoms with Gasteiger partial charge >= 0.3 is 0 Å². The summed E-state index contributed by atoms with van der Waals surface area (Å²) in [4.78, 5) is 0.218. The van der Waals surface area contributed by atoms with Crippen molar-refractivity contribution in [3.8, 4) is 5.75 Å². The molecule has 100 valence electrons. The van der Waals surface area contributed by atoms with Crippen molar-refractivity contribution in [3.63, 3.8) is 0 Å². The average Bonchev–Trinajstić information content (AvgIpc) is 2.79. The summed E-state index contributed by atoms with van der Waals surface area (Å²) in [6, 6.07) is 3.67. The summed E-state index contributed by atoms with van der Waals surface area (Å²) in [5.74, 6) is 0.456. The highest BCUT2D eigenvalue weighted by Gasteiger charge is 2.29. The quantitative estimate of drug-likeness (QED) is 0.831. The number of rotatable bonds is 4. The van der Waals surface area contributed by atoms with Gasteiger partial charge in [0.15, 0.2) is 0 Å². The van der Waals surface area contributed by atoms with Gasteiger partial charge in [0.05, 0.1) is 0 Å². The van der Waals surface area contributed by atoms with Crippen LogP contribution < -0.4 is 15.2 Å². The Morgan fingerprint density at radius 2 is 2.22 bits per heavy atom. The summed E-state index contributed by atoms with van der Waals surface area (Å²) in [5, 5.41) is 0. The van der Waals surface area contributed by atoms with Crippen molar-refractivity contribution >= 4 is 10.0 Å². The molecule has 1 aromatic carbocycles. The number of sulfonamides is 1. The molecule has 1 unspecified atom stereocenters. The zero-order valence-corrected chi connectivity index (χ0v) is 11.4. The van der Waals surface area contributed by atoms with Crippen molar-refractivity contribution in [2.75, 3.05) is 13.6 Å². The highest BCUT2D eigenvalue weighted by atomic mass is 32.2. The van der Waals surface area contributed by atoms with E-state index >= 15 is 0 Å². The van der Waals surface area contributed by atoms with Crippen LogP contribution in [0.3, 0.4) is 0 Å². The smallest absolute Gasteiger partial charge is 0.244 e. The van der Waals surface area contributed by atoms with E-state index in [4.69, 9.17) is 10.5 Å². The minimum absolute atomic E-state index is 0.127. The Kier molecular flexibility index (Phi) is 3.61. The van der Waals surface area contributed by atoms with Gasteiger partial charge in [0, 0.05) is 13.0 Å². The third kappa shape index (κ3) is 2.23. The molecule has 0 saturated carbocycles. The molecule has 1 heterocycles. The van der Waals surface area contributed by atoms with Gasteiger partial charge in [0.25, 0.3) is 0 Å². The molecule has 0 fully saturated rings. The summed E-state index contributed by atoms with van der Waals surface area (Å²) in [5.41, 5.74) is 7.50. The molecule has 1 aliphatic heterocycles. The lowest BCUT2D eigenvalue weighted by atomic mass is 10.1. The second kappa shape index (κ2) is 4.87. The van der Waals surface area contributed by atoms with Gasteiger partial charge in [0.1, 0.15) is 16.7 Å². The predicted molar refractivity (Wildman–Crippen MR) is 69.2 cm³/mol. The van der Waals surface area contributed by atoms with Crippen LogP contribution in [-0.4, -0.2) is 28.1 Å². The van der Waals surface area contributed by atoms with Crippen LogP contribution in [0.5, 0.6) is 5.75 Å². The Labute approximate surface area is 107 Å². The first-order valence-corrected chi connectivity index (χ1v) is 7.46. The van der Waals surface area contributed by atoms with Crippen molar-refractivity contribution in [2.24, 2.45) is 5.73 Å². The maximum Gasteiger partial charge on any atom is 0.244 e. The molecule has 0 saturated heterocycles. The highest BCUT2D eigenvalue weighted by Crippen LogP contribution is 2.36. The maximum absolute atomic E-state index is 12.0. The van der Waals surface area contributed by atoms with Crippen molar-refractivity contribution in [2.45, 2.75) is 30.8 Å². The van der Waals surface area contributed by atoms with Gasteiger partial charge in [-0.05, 0) is 30.7 Å². The topological polar surface area (TPSA) is 81.4 Å². The van der Waals surface area contributed by atoms with E-state index in [0.717, 1.165) is 17.5 Å². The lowest BCUT2D eigenvalue weighted by Gasteiger charge is -2.12. The number of hydrogen-bond donors (Lipinski definition) is 2. The third-order valence-corrected chi connectivity index (χ3v) is 4.57. The van der Waals surface area contributed by atoms with E-state index in [1.165, 1.54) is 7.05 Å². The second-order valence-corrected chi connectivity index (χ2v) is 6.18. The molecule has 5 nitrogen and oxygen atoms in total. The molecule has 0 bridgehead atoms. The lowest BCUT2D eigenvalue weighted by molar-refractivity contribution is 0.236. The molecular formula is C12H18N2O3S. The summed E-state index contributed by atoms with van der Waals surface area (Å²) >= 11 is 0. The summed E-state index contributed by atoms with van der Waals surface area (Å²) in [6.45, 7) is 2.38. The molecule has 0 spiro atoms. The predicted octanol–water partition coefficient (Wildman–Crippen LogP) is 0.419. The number of benzene rings is 1. The van der Waals surface area contributed by atoms with Crippen molar-refractivity contribution in [1.82, 2.24) is 4.72 Å². The van der Waals surface area contributed by atoms with Gasteiger partial charge in [0.2, 0.25) is 10.0 Å². The van der Waals surface area contributed by atoms with E-state index in [1.807, 2.05) is 13.0 Å². The van der Waals surface area contributed by atoms with E-state index in [0.29, 0.717) is 18.7 Å². The largest absolute Gasteiger partial charge is 0.487 e. The molecule has 3 N–H and O–H groups in total.